The van der Waals surface area contributed by atoms with Crippen molar-refractivity contribution in [2.45, 2.75) is 43.7 Å². The Morgan fingerprint density at radius 3 is 2.35 bits per heavy atom. The highest BCUT2D eigenvalue weighted by Crippen LogP contribution is 2.41. The normalized spacial score (nSPS) is 25.6. The Morgan fingerprint density at radius 1 is 1.00 bits per heavy atom. The largest absolute Gasteiger partial charge is 0.325 e. The quantitative estimate of drug-likeness (QED) is 0.850. The Morgan fingerprint density at radius 2 is 1.65 bits per heavy atom. The first-order valence-corrected chi connectivity index (χ1v) is 9.01. The molecule has 2 fully saturated rings. The van der Waals surface area contributed by atoms with Gasteiger partial charge in [0.05, 0.1) is 6.54 Å². The third-order valence-corrected chi connectivity index (χ3v) is 5.64. The molecule has 0 unspecified atom stereocenters. The monoisotopic (exact) mass is 352 g/mol. The Kier molecular flexibility index (Phi) is 4.23. The lowest BCUT2D eigenvalue weighted by molar-refractivity contribution is -0.132. The van der Waals surface area contributed by atoms with Crippen LogP contribution in [0.1, 0.15) is 42.7 Å². The zero-order valence-corrected chi connectivity index (χ0v) is 14.5. The van der Waals surface area contributed by atoms with Gasteiger partial charge in [0, 0.05) is 5.56 Å². The van der Waals surface area contributed by atoms with Crippen molar-refractivity contribution < 1.29 is 14.0 Å². The molecule has 3 amide bonds. The second kappa shape index (κ2) is 6.56. The van der Waals surface area contributed by atoms with Crippen molar-refractivity contribution in [3.05, 3.63) is 71.5 Å². The summed E-state index contributed by atoms with van der Waals surface area (Å²) in [7, 11) is 0. The van der Waals surface area contributed by atoms with E-state index in [0.29, 0.717) is 24.3 Å². The highest BCUT2D eigenvalue weighted by Gasteiger charge is 2.52. The minimum atomic E-state index is -0.826. The predicted molar refractivity (Wildman–Crippen MR) is 95.9 cm³/mol. The molecule has 1 spiro atoms. The Labute approximate surface area is 152 Å². The molecule has 1 saturated carbocycles. The third kappa shape index (κ3) is 2.87. The van der Waals surface area contributed by atoms with Gasteiger partial charge in [-0.15, -0.1) is 0 Å². The summed E-state index contributed by atoms with van der Waals surface area (Å²) in [6.45, 7) is -0.0266. The van der Waals surface area contributed by atoms with Crippen LogP contribution in [0.5, 0.6) is 0 Å². The molecule has 4 rings (SSSR count). The molecule has 1 heterocycles. The lowest BCUT2D eigenvalue weighted by Crippen LogP contribution is -2.49. The Balaban J connectivity index is 1.48. The second-order valence-electron chi connectivity index (χ2n) is 7.18. The highest BCUT2D eigenvalue weighted by atomic mass is 19.1. The van der Waals surface area contributed by atoms with Gasteiger partial charge in [0.25, 0.3) is 5.91 Å². The molecule has 0 atom stereocenters. The van der Waals surface area contributed by atoms with Crippen LogP contribution in [0.25, 0.3) is 0 Å². The van der Waals surface area contributed by atoms with Gasteiger partial charge in [-0.3, -0.25) is 9.69 Å². The fourth-order valence-electron chi connectivity index (χ4n) is 4.12. The molecule has 0 aromatic heterocycles. The topological polar surface area (TPSA) is 49.4 Å². The summed E-state index contributed by atoms with van der Waals surface area (Å²) in [5.41, 5.74) is 0.807. The molecule has 1 aliphatic heterocycles. The van der Waals surface area contributed by atoms with E-state index in [2.05, 4.69) is 17.4 Å². The molecule has 1 saturated heterocycles. The van der Waals surface area contributed by atoms with Gasteiger partial charge in [-0.2, -0.15) is 0 Å². The van der Waals surface area contributed by atoms with Crippen molar-refractivity contribution in [3.63, 3.8) is 0 Å². The summed E-state index contributed by atoms with van der Waals surface area (Å²) in [5.74, 6) is -0.216. The summed E-state index contributed by atoms with van der Waals surface area (Å²) in [5, 5.41) is 2.90. The lowest BCUT2D eigenvalue weighted by atomic mass is 9.74. The molecule has 0 bridgehead atoms. The van der Waals surface area contributed by atoms with E-state index >= 15 is 0 Å². The van der Waals surface area contributed by atoms with Crippen LogP contribution in [0.15, 0.2) is 54.6 Å². The zero-order valence-electron chi connectivity index (χ0n) is 14.5. The van der Waals surface area contributed by atoms with Gasteiger partial charge in [-0.05, 0) is 43.2 Å². The zero-order chi connectivity index (χ0) is 18.1. The number of halogens is 1. The van der Waals surface area contributed by atoms with Crippen LogP contribution in [0, 0.1) is 5.82 Å². The summed E-state index contributed by atoms with van der Waals surface area (Å²) in [6, 6.07) is 16.1. The summed E-state index contributed by atoms with van der Waals surface area (Å²) in [6.07, 6.45) is 2.93. The van der Waals surface area contributed by atoms with Crippen molar-refractivity contribution in [1.82, 2.24) is 10.2 Å². The molecule has 134 valence electrons. The van der Waals surface area contributed by atoms with Crippen LogP contribution in [-0.4, -0.2) is 22.4 Å². The van der Waals surface area contributed by atoms with E-state index in [-0.39, 0.29) is 12.5 Å². The van der Waals surface area contributed by atoms with Gasteiger partial charge in [0.15, 0.2) is 0 Å². The maximum atomic E-state index is 13.9. The lowest BCUT2D eigenvalue weighted by Gasteiger charge is -2.35. The molecule has 4 nitrogen and oxygen atoms in total. The Bertz CT molecular complexity index is 829. The number of imide groups is 1. The van der Waals surface area contributed by atoms with Crippen molar-refractivity contribution in [1.29, 1.82) is 0 Å². The van der Waals surface area contributed by atoms with Crippen LogP contribution in [0.3, 0.4) is 0 Å². The van der Waals surface area contributed by atoms with Gasteiger partial charge < -0.3 is 5.32 Å². The number of carbonyl (C=O) groups excluding carboxylic acids is 2. The van der Waals surface area contributed by atoms with Crippen LogP contribution in [-0.2, 0) is 11.3 Å². The van der Waals surface area contributed by atoms with Crippen LogP contribution in [0.4, 0.5) is 9.18 Å². The van der Waals surface area contributed by atoms with E-state index in [9.17, 15) is 14.0 Å². The van der Waals surface area contributed by atoms with Gasteiger partial charge in [0.1, 0.15) is 11.4 Å². The number of rotatable bonds is 3. The predicted octanol–water partition coefficient (Wildman–Crippen LogP) is 3.97. The molecule has 2 aromatic rings. The number of urea groups is 1. The van der Waals surface area contributed by atoms with E-state index in [1.54, 1.807) is 18.2 Å². The number of nitrogens with one attached hydrogen (secondary N) is 1. The average Bonchev–Trinajstić information content (AvgIpc) is 2.89. The van der Waals surface area contributed by atoms with Crippen molar-refractivity contribution in [3.8, 4) is 0 Å². The molecule has 26 heavy (non-hydrogen) atoms. The molecule has 1 N–H and O–H groups in total. The van der Waals surface area contributed by atoms with E-state index in [1.807, 2.05) is 18.2 Å². The summed E-state index contributed by atoms with van der Waals surface area (Å²) in [4.78, 5) is 26.5. The molecule has 5 heteroatoms. The van der Waals surface area contributed by atoms with E-state index in [0.717, 1.165) is 17.7 Å². The second-order valence-corrected chi connectivity index (χ2v) is 7.18. The molecular formula is C21H21FN2O2. The first-order chi connectivity index (χ1) is 12.6. The highest BCUT2D eigenvalue weighted by molar-refractivity contribution is 6.07. The van der Waals surface area contributed by atoms with Gasteiger partial charge in [-0.25, -0.2) is 9.18 Å². The van der Waals surface area contributed by atoms with E-state index in [4.69, 9.17) is 0 Å². The van der Waals surface area contributed by atoms with Crippen LogP contribution in [0.2, 0.25) is 0 Å². The summed E-state index contributed by atoms with van der Waals surface area (Å²) >= 11 is 0. The summed E-state index contributed by atoms with van der Waals surface area (Å²) < 4.78 is 13.9. The number of hydrogen-bond acceptors (Lipinski definition) is 2. The first kappa shape index (κ1) is 16.8. The molecule has 0 radical (unpaired) electrons. The maximum Gasteiger partial charge on any atom is 0.325 e. The van der Waals surface area contributed by atoms with Crippen molar-refractivity contribution in [2.24, 2.45) is 0 Å². The van der Waals surface area contributed by atoms with Gasteiger partial charge in [0.2, 0.25) is 0 Å². The molecular weight excluding hydrogens is 331 g/mol. The standard InChI is InChI=1S/C21H21FN2O2/c22-18-9-5-4-8-17(18)14-24-19(25)21(23-20(24)26)12-10-16(11-13-21)15-6-2-1-3-7-15/h1-9,16H,10-14H2,(H,23,26). The molecule has 2 aliphatic rings. The minimum Gasteiger partial charge on any atom is -0.323 e. The number of carbonyl (C=O) groups is 2. The smallest absolute Gasteiger partial charge is 0.323 e. The number of nitrogens with zero attached hydrogens (tertiary/aromatic N) is 1. The van der Waals surface area contributed by atoms with E-state index in [1.165, 1.54) is 11.6 Å². The fourth-order valence-corrected chi connectivity index (χ4v) is 4.12. The third-order valence-electron chi connectivity index (χ3n) is 5.64. The van der Waals surface area contributed by atoms with Crippen molar-refractivity contribution in [2.75, 3.05) is 0 Å². The van der Waals surface area contributed by atoms with Crippen LogP contribution < -0.4 is 5.32 Å². The molecule has 2 aromatic carbocycles. The van der Waals surface area contributed by atoms with Gasteiger partial charge in [-0.1, -0.05) is 48.5 Å². The molecule has 1 aliphatic carbocycles. The van der Waals surface area contributed by atoms with Crippen LogP contribution >= 0.6 is 0 Å². The number of benzene rings is 2. The minimum absolute atomic E-state index is 0.0266. The van der Waals surface area contributed by atoms with Gasteiger partial charge >= 0.3 is 6.03 Å². The van der Waals surface area contributed by atoms with E-state index < -0.39 is 17.4 Å². The number of amides is 3. The first-order valence-electron chi connectivity index (χ1n) is 9.01. The fraction of sp³-hybridized carbons (Fsp3) is 0.333. The maximum absolute atomic E-state index is 13.9. The average molecular weight is 352 g/mol. The van der Waals surface area contributed by atoms with Crippen molar-refractivity contribution >= 4 is 11.9 Å². The SMILES string of the molecule is O=C1NC2(CCC(c3ccccc3)CC2)C(=O)N1Cc1ccccc1F. The number of hydrogen-bond donors (Lipinski definition) is 1. The Hall–Kier alpha value is -2.69.